The molecule has 0 radical (unpaired) electrons. The van der Waals surface area contributed by atoms with Gasteiger partial charge in [-0.15, -0.1) is 0 Å². The lowest BCUT2D eigenvalue weighted by atomic mass is 10.1. The fourth-order valence-corrected chi connectivity index (χ4v) is 3.07. The van der Waals surface area contributed by atoms with E-state index in [1.807, 2.05) is 56.3 Å². The zero-order valence-corrected chi connectivity index (χ0v) is 16.1. The molecule has 0 unspecified atom stereocenters. The average Bonchev–Trinajstić information content (AvgIpc) is 2.68. The van der Waals surface area contributed by atoms with E-state index in [1.54, 1.807) is 0 Å². The lowest BCUT2D eigenvalue weighted by Gasteiger charge is -2.26. The molecule has 0 bridgehead atoms. The van der Waals surface area contributed by atoms with Crippen LogP contribution in [-0.4, -0.2) is 43.2 Å². The number of carbonyl (C=O) groups is 1. The van der Waals surface area contributed by atoms with E-state index < -0.39 is 0 Å². The summed E-state index contributed by atoms with van der Waals surface area (Å²) in [4.78, 5) is 14.9. The van der Waals surface area contributed by atoms with Crippen molar-refractivity contribution >= 4 is 5.91 Å². The first kappa shape index (κ1) is 19.4. The average molecular weight is 368 g/mol. The van der Waals surface area contributed by atoms with Crippen molar-refractivity contribution in [2.24, 2.45) is 0 Å². The molecule has 1 fully saturated rings. The second-order valence-electron chi connectivity index (χ2n) is 7.08. The minimum absolute atomic E-state index is 0.0543. The second-order valence-corrected chi connectivity index (χ2v) is 7.08. The first-order valence-electron chi connectivity index (χ1n) is 9.53. The highest BCUT2D eigenvalue weighted by atomic mass is 16.5. The molecular weight excluding hydrogens is 340 g/mol. The van der Waals surface area contributed by atoms with Crippen LogP contribution in [0.25, 0.3) is 0 Å². The highest BCUT2D eigenvalue weighted by molar-refractivity contribution is 5.94. The molecule has 0 spiro atoms. The predicted octanol–water partition coefficient (Wildman–Crippen LogP) is 3.24. The van der Waals surface area contributed by atoms with Crippen LogP contribution in [-0.2, 0) is 17.8 Å². The smallest absolute Gasteiger partial charge is 0.251 e. The number of carbonyl (C=O) groups excluding carboxylic acids is 1. The Morgan fingerprint density at radius 1 is 1.11 bits per heavy atom. The molecule has 0 aliphatic carbocycles. The normalized spacial score (nSPS) is 14.9. The van der Waals surface area contributed by atoms with Crippen molar-refractivity contribution in [2.75, 3.05) is 26.3 Å². The summed E-state index contributed by atoms with van der Waals surface area (Å²) in [5.74, 6) is 0.789. The number of nitrogens with one attached hydrogen (secondary N) is 1. The molecule has 2 aromatic carbocycles. The summed E-state index contributed by atoms with van der Waals surface area (Å²) in [5, 5.41) is 2.99. The first-order chi connectivity index (χ1) is 13.1. The Morgan fingerprint density at radius 3 is 2.56 bits per heavy atom. The highest BCUT2D eigenvalue weighted by Gasteiger charge is 2.12. The first-order valence-corrected chi connectivity index (χ1v) is 9.53. The molecule has 1 N–H and O–H groups in total. The van der Waals surface area contributed by atoms with Crippen molar-refractivity contribution in [3.8, 4) is 5.75 Å². The summed E-state index contributed by atoms with van der Waals surface area (Å²) >= 11 is 0. The van der Waals surface area contributed by atoms with Crippen molar-refractivity contribution < 1.29 is 14.3 Å². The van der Waals surface area contributed by atoms with Crippen LogP contribution in [0.1, 0.15) is 35.3 Å². The van der Waals surface area contributed by atoms with Crippen molar-refractivity contribution in [1.82, 2.24) is 10.2 Å². The van der Waals surface area contributed by atoms with E-state index in [0.29, 0.717) is 12.1 Å². The molecule has 1 saturated heterocycles. The molecule has 1 aliphatic heterocycles. The van der Waals surface area contributed by atoms with Gasteiger partial charge in [-0.3, -0.25) is 9.69 Å². The number of morpholine rings is 1. The van der Waals surface area contributed by atoms with Gasteiger partial charge in [-0.2, -0.15) is 0 Å². The molecule has 1 heterocycles. The van der Waals surface area contributed by atoms with E-state index in [9.17, 15) is 4.79 Å². The lowest BCUT2D eigenvalue weighted by Crippen LogP contribution is -2.35. The summed E-state index contributed by atoms with van der Waals surface area (Å²) in [6.45, 7) is 8.78. The maximum absolute atomic E-state index is 12.5. The van der Waals surface area contributed by atoms with Crippen LogP contribution >= 0.6 is 0 Å². The molecule has 5 heteroatoms. The fraction of sp³-hybridized carbons (Fsp3) is 0.409. The van der Waals surface area contributed by atoms with E-state index in [1.165, 1.54) is 0 Å². The molecule has 1 amide bonds. The third kappa shape index (κ3) is 6.08. The van der Waals surface area contributed by atoms with Gasteiger partial charge in [0.05, 0.1) is 19.3 Å². The largest absolute Gasteiger partial charge is 0.491 e. The maximum Gasteiger partial charge on any atom is 0.251 e. The Labute approximate surface area is 161 Å². The van der Waals surface area contributed by atoms with Crippen molar-refractivity contribution in [2.45, 2.75) is 33.0 Å². The van der Waals surface area contributed by atoms with Gasteiger partial charge in [0.2, 0.25) is 0 Å². The van der Waals surface area contributed by atoms with Gasteiger partial charge >= 0.3 is 0 Å². The predicted molar refractivity (Wildman–Crippen MR) is 106 cm³/mol. The summed E-state index contributed by atoms with van der Waals surface area (Å²) < 4.78 is 11.0. The van der Waals surface area contributed by atoms with E-state index in [4.69, 9.17) is 9.47 Å². The van der Waals surface area contributed by atoms with Gasteiger partial charge in [-0.1, -0.05) is 24.3 Å². The minimum atomic E-state index is -0.0543. The SMILES string of the molecule is CC(C)Oc1ccc(CNC(=O)c2cccc(CN3CCOCC3)c2)cc1. The lowest BCUT2D eigenvalue weighted by molar-refractivity contribution is 0.0342. The van der Waals surface area contributed by atoms with E-state index in [0.717, 1.165) is 49.7 Å². The van der Waals surface area contributed by atoms with Crippen molar-refractivity contribution in [3.05, 3.63) is 65.2 Å². The zero-order valence-electron chi connectivity index (χ0n) is 16.1. The second kappa shape index (κ2) is 9.53. The van der Waals surface area contributed by atoms with Crippen molar-refractivity contribution in [1.29, 1.82) is 0 Å². The van der Waals surface area contributed by atoms with E-state index in [-0.39, 0.29) is 12.0 Å². The van der Waals surface area contributed by atoms with Gasteiger partial charge in [0.1, 0.15) is 5.75 Å². The molecule has 27 heavy (non-hydrogen) atoms. The molecule has 0 saturated carbocycles. The summed E-state index contributed by atoms with van der Waals surface area (Å²) in [6.07, 6.45) is 0.153. The molecule has 144 valence electrons. The third-order valence-electron chi connectivity index (χ3n) is 4.45. The van der Waals surface area contributed by atoms with Crippen LogP contribution in [0.3, 0.4) is 0 Å². The Bertz CT molecular complexity index is 737. The van der Waals surface area contributed by atoms with Crippen LogP contribution in [0, 0.1) is 0 Å². The van der Waals surface area contributed by atoms with Gasteiger partial charge in [0.15, 0.2) is 0 Å². The van der Waals surface area contributed by atoms with Gasteiger partial charge in [-0.25, -0.2) is 0 Å². The summed E-state index contributed by atoms with van der Waals surface area (Å²) in [5.41, 5.74) is 2.89. The van der Waals surface area contributed by atoms with Crippen LogP contribution in [0.2, 0.25) is 0 Å². The Balaban J connectivity index is 1.53. The standard InChI is InChI=1S/C22H28N2O3/c1-17(2)27-21-8-6-18(7-9-21)15-23-22(25)20-5-3-4-19(14-20)16-24-10-12-26-13-11-24/h3-9,14,17H,10-13,15-16H2,1-2H3,(H,23,25). The van der Waals surface area contributed by atoms with Crippen LogP contribution in [0.5, 0.6) is 5.75 Å². The maximum atomic E-state index is 12.5. The molecule has 3 rings (SSSR count). The molecule has 2 aromatic rings. The third-order valence-corrected chi connectivity index (χ3v) is 4.45. The quantitative estimate of drug-likeness (QED) is 0.815. The van der Waals surface area contributed by atoms with Crippen LogP contribution in [0.4, 0.5) is 0 Å². The van der Waals surface area contributed by atoms with E-state index in [2.05, 4.69) is 16.3 Å². The molecular formula is C22H28N2O3. The monoisotopic (exact) mass is 368 g/mol. The Morgan fingerprint density at radius 2 is 1.85 bits per heavy atom. The number of benzene rings is 2. The van der Waals surface area contributed by atoms with Gasteiger partial charge in [0.25, 0.3) is 5.91 Å². The number of ether oxygens (including phenoxy) is 2. The van der Waals surface area contributed by atoms with E-state index >= 15 is 0 Å². The molecule has 1 aliphatic rings. The highest BCUT2D eigenvalue weighted by Crippen LogP contribution is 2.14. The zero-order chi connectivity index (χ0) is 19.1. The van der Waals surface area contributed by atoms with Gasteiger partial charge in [0, 0.05) is 31.7 Å². The number of amides is 1. The van der Waals surface area contributed by atoms with Crippen molar-refractivity contribution in [3.63, 3.8) is 0 Å². The number of rotatable bonds is 7. The van der Waals surface area contributed by atoms with Gasteiger partial charge in [-0.05, 0) is 49.2 Å². The summed E-state index contributed by atoms with van der Waals surface area (Å²) in [7, 11) is 0. The summed E-state index contributed by atoms with van der Waals surface area (Å²) in [6, 6.07) is 15.7. The fourth-order valence-electron chi connectivity index (χ4n) is 3.07. The number of nitrogens with zero attached hydrogens (tertiary/aromatic N) is 1. The Kier molecular flexibility index (Phi) is 6.85. The number of hydrogen-bond donors (Lipinski definition) is 1. The molecule has 5 nitrogen and oxygen atoms in total. The van der Waals surface area contributed by atoms with Crippen LogP contribution < -0.4 is 10.1 Å². The molecule has 0 aromatic heterocycles. The van der Waals surface area contributed by atoms with Gasteiger partial charge < -0.3 is 14.8 Å². The molecule has 0 atom stereocenters. The minimum Gasteiger partial charge on any atom is -0.491 e. The van der Waals surface area contributed by atoms with Crippen LogP contribution in [0.15, 0.2) is 48.5 Å². The Hall–Kier alpha value is -2.37. The number of hydrogen-bond acceptors (Lipinski definition) is 4. The topological polar surface area (TPSA) is 50.8 Å².